The van der Waals surface area contributed by atoms with Gasteiger partial charge in [0.1, 0.15) is 10.8 Å². The van der Waals surface area contributed by atoms with Gasteiger partial charge in [-0.05, 0) is 31.0 Å². The maximum atomic E-state index is 12.0. The first-order valence-electron chi connectivity index (χ1n) is 7.58. The molecule has 0 radical (unpaired) electrons. The van der Waals surface area contributed by atoms with Crippen LogP contribution in [0.25, 0.3) is 0 Å². The molecule has 2 aromatic rings. The van der Waals surface area contributed by atoms with Crippen LogP contribution < -0.4 is 15.4 Å². The molecule has 0 aliphatic heterocycles. The predicted molar refractivity (Wildman–Crippen MR) is 93.5 cm³/mol. The van der Waals surface area contributed by atoms with Crippen LogP contribution in [-0.2, 0) is 16.0 Å². The highest BCUT2D eigenvalue weighted by Crippen LogP contribution is 2.25. The predicted octanol–water partition coefficient (Wildman–Crippen LogP) is 2.77. The average Bonchev–Trinajstić information content (AvgIpc) is 3.01. The lowest BCUT2D eigenvalue weighted by molar-refractivity contribution is -0.121. The van der Waals surface area contributed by atoms with Gasteiger partial charge in [-0.15, -0.1) is 10.2 Å². The molecule has 2 N–H and O–H groups in total. The van der Waals surface area contributed by atoms with Crippen molar-refractivity contribution in [1.29, 1.82) is 0 Å². The first-order chi connectivity index (χ1) is 11.5. The van der Waals surface area contributed by atoms with Crippen LogP contribution in [-0.4, -0.2) is 29.1 Å². The fourth-order valence-electron chi connectivity index (χ4n) is 1.99. The molecule has 0 atom stereocenters. The maximum Gasteiger partial charge on any atom is 0.226 e. The number of nitrogens with zero attached hydrogens (tertiary/aromatic N) is 2. The Balaban J connectivity index is 1.84. The summed E-state index contributed by atoms with van der Waals surface area (Å²) < 4.78 is 5.21. The maximum absolute atomic E-state index is 12.0. The molecule has 1 aromatic heterocycles. The van der Waals surface area contributed by atoms with Crippen molar-refractivity contribution in [3.05, 3.63) is 28.8 Å². The third-order valence-electron chi connectivity index (χ3n) is 3.22. The zero-order valence-electron chi connectivity index (χ0n) is 13.9. The summed E-state index contributed by atoms with van der Waals surface area (Å²) in [7, 11) is 1.54. The van der Waals surface area contributed by atoms with Gasteiger partial charge in [-0.25, -0.2) is 0 Å². The lowest BCUT2D eigenvalue weighted by Crippen LogP contribution is -2.17. The van der Waals surface area contributed by atoms with Crippen molar-refractivity contribution < 1.29 is 14.3 Å². The highest BCUT2D eigenvalue weighted by Gasteiger charge is 2.12. The van der Waals surface area contributed by atoms with Gasteiger partial charge in [0.05, 0.1) is 12.8 Å². The molecule has 7 nitrogen and oxygen atoms in total. The zero-order valence-corrected chi connectivity index (χ0v) is 14.7. The van der Waals surface area contributed by atoms with E-state index in [1.165, 1.54) is 11.3 Å². The number of methoxy groups -OCH3 is 1. The van der Waals surface area contributed by atoms with Gasteiger partial charge in [0.15, 0.2) is 0 Å². The Morgan fingerprint density at radius 1 is 1.17 bits per heavy atom. The number of carbonyl (C=O) groups excluding carboxylic acids is 2. The summed E-state index contributed by atoms with van der Waals surface area (Å²) in [6, 6.07) is 5.51. The SMILES string of the molecule is CCc1nnc(NC(=O)CCC(=O)Nc2cc(C)ccc2OC)s1. The van der Waals surface area contributed by atoms with E-state index in [-0.39, 0.29) is 24.7 Å². The molecule has 0 saturated carbocycles. The molecule has 0 spiro atoms. The number of anilines is 2. The Hall–Kier alpha value is -2.48. The Labute approximate surface area is 144 Å². The van der Waals surface area contributed by atoms with E-state index in [0.29, 0.717) is 16.6 Å². The van der Waals surface area contributed by atoms with Gasteiger partial charge in [0, 0.05) is 12.8 Å². The Bertz CT molecular complexity index is 730. The van der Waals surface area contributed by atoms with Gasteiger partial charge in [-0.2, -0.15) is 0 Å². The van der Waals surface area contributed by atoms with Crippen molar-refractivity contribution in [3.63, 3.8) is 0 Å². The van der Waals surface area contributed by atoms with E-state index in [1.54, 1.807) is 13.2 Å². The minimum atomic E-state index is -0.264. The molecule has 0 aliphatic carbocycles. The smallest absolute Gasteiger partial charge is 0.226 e. The largest absolute Gasteiger partial charge is 0.495 e. The Morgan fingerprint density at radius 2 is 1.88 bits per heavy atom. The number of hydrogen-bond acceptors (Lipinski definition) is 6. The number of hydrogen-bond donors (Lipinski definition) is 2. The molecule has 1 heterocycles. The van der Waals surface area contributed by atoms with Crippen molar-refractivity contribution in [2.24, 2.45) is 0 Å². The summed E-state index contributed by atoms with van der Waals surface area (Å²) in [6.07, 6.45) is 0.914. The summed E-state index contributed by atoms with van der Waals surface area (Å²) in [5, 5.41) is 14.5. The lowest BCUT2D eigenvalue weighted by atomic mass is 10.2. The van der Waals surface area contributed by atoms with Crippen LogP contribution in [0.3, 0.4) is 0 Å². The number of amides is 2. The third kappa shape index (κ3) is 5.02. The second kappa shape index (κ2) is 8.39. The molecule has 0 bridgehead atoms. The fourth-order valence-corrected chi connectivity index (χ4v) is 2.68. The Morgan fingerprint density at radius 3 is 2.50 bits per heavy atom. The number of nitrogens with one attached hydrogen (secondary N) is 2. The van der Waals surface area contributed by atoms with Gasteiger partial charge in [0.25, 0.3) is 0 Å². The molecule has 24 heavy (non-hydrogen) atoms. The fraction of sp³-hybridized carbons (Fsp3) is 0.375. The van der Waals surface area contributed by atoms with Crippen LogP contribution in [0.15, 0.2) is 18.2 Å². The Kier molecular flexibility index (Phi) is 6.25. The first kappa shape index (κ1) is 17.9. The van der Waals surface area contributed by atoms with Crippen molar-refractivity contribution in [3.8, 4) is 5.75 Å². The summed E-state index contributed by atoms with van der Waals surface area (Å²) in [5.74, 6) is 0.0695. The van der Waals surface area contributed by atoms with Crippen LogP contribution in [0.2, 0.25) is 0 Å². The number of ether oxygens (including phenoxy) is 1. The van der Waals surface area contributed by atoms with Crippen molar-refractivity contribution in [2.75, 3.05) is 17.7 Å². The second-order valence-electron chi connectivity index (χ2n) is 5.15. The average molecular weight is 348 g/mol. The molecule has 128 valence electrons. The van der Waals surface area contributed by atoms with Crippen molar-refractivity contribution >= 4 is 34.0 Å². The molecular weight excluding hydrogens is 328 g/mol. The zero-order chi connectivity index (χ0) is 17.5. The van der Waals surface area contributed by atoms with Crippen LogP contribution in [0.5, 0.6) is 5.75 Å². The first-order valence-corrected chi connectivity index (χ1v) is 8.40. The summed E-state index contributed by atoms with van der Waals surface area (Å²) in [4.78, 5) is 23.9. The molecule has 2 rings (SSSR count). The minimum absolute atomic E-state index is 0.0704. The molecular formula is C16H20N4O3S. The monoisotopic (exact) mass is 348 g/mol. The number of rotatable bonds is 7. The number of aromatic nitrogens is 2. The number of benzene rings is 1. The number of aryl methyl sites for hydroxylation is 2. The molecule has 2 amide bonds. The normalized spacial score (nSPS) is 10.3. The molecule has 0 fully saturated rings. The second-order valence-corrected chi connectivity index (χ2v) is 6.22. The van der Waals surface area contributed by atoms with E-state index >= 15 is 0 Å². The van der Waals surface area contributed by atoms with E-state index in [1.807, 2.05) is 26.0 Å². The molecule has 0 saturated heterocycles. The lowest BCUT2D eigenvalue weighted by Gasteiger charge is -2.10. The van der Waals surface area contributed by atoms with Crippen molar-refractivity contribution in [1.82, 2.24) is 10.2 Å². The van der Waals surface area contributed by atoms with E-state index in [4.69, 9.17) is 4.74 Å². The number of carbonyl (C=O) groups is 2. The highest BCUT2D eigenvalue weighted by molar-refractivity contribution is 7.15. The van der Waals surface area contributed by atoms with Gasteiger partial charge < -0.3 is 15.4 Å². The van der Waals surface area contributed by atoms with Gasteiger partial charge in [0.2, 0.25) is 16.9 Å². The molecule has 0 aliphatic rings. The topological polar surface area (TPSA) is 93.2 Å². The molecule has 1 aromatic carbocycles. The standard InChI is InChI=1S/C16H20N4O3S/c1-4-15-19-20-16(24-15)18-14(22)8-7-13(21)17-11-9-10(2)5-6-12(11)23-3/h5-6,9H,4,7-8H2,1-3H3,(H,17,21)(H,18,20,22). The highest BCUT2D eigenvalue weighted by atomic mass is 32.1. The van der Waals surface area contributed by atoms with Crippen LogP contribution in [0, 0.1) is 6.92 Å². The van der Waals surface area contributed by atoms with Crippen LogP contribution in [0.4, 0.5) is 10.8 Å². The summed E-state index contributed by atoms with van der Waals surface area (Å²) in [5.41, 5.74) is 1.60. The van der Waals surface area contributed by atoms with Gasteiger partial charge >= 0.3 is 0 Å². The van der Waals surface area contributed by atoms with Crippen LogP contribution in [0.1, 0.15) is 30.3 Å². The van der Waals surface area contributed by atoms with Gasteiger partial charge in [-0.3, -0.25) is 9.59 Å². The van der Waals surface area contributed by atoms with Crippen LogP contribution >= 0.6 is 11.3 Å². The third-order valence-corrected chi connectivity index (χ3v) is 4.21. The van der Waals surface area contributed by atoms with E-state index in [2.05, 4.69) is 20.8 Å². The summed E-state index contributed by atoms with van der Waals surface area (Å²) >= 11 is 1.33. The van der Waals surface area contributed by atoms with E-state index < -0.39 is 0 Å². The summed E-state index contributed by atoms with van der Waals surface area (Å²) in [6.45, 7) is 3.89. The minimum Gasteiger partial charge on any atom is -0.495 e. The van der Waals surface area contributed by atoms with E-state index in [0.717, 1.165) is 17.0 Å². The quantitative estimate of drug-likeness (QED) is 0.802. The van der Waals surface area contributed by atoms with Gasteiger partial charge in [-0.1, -0.05) is 24.3 Å². The molecule has 0 unspecified atom stereocenters. The molecule has 8 heteroatoms. The van der Waals surface area contributed by atoms with Crippen molar-refractivity contribution in [2.45, 2.75) is 33.1 Å². The van der Waals surface area contributed by atoms with E-state index in [9.17, 15) is 9.59 Å².